The van der Waals surface area contributed by atoms with Crippen molar-refractivity contribution in [1.82, 2.24) is 14.5 Å². The largest absolute Gasteiger partial charge is 0.363 e. The number of para-hydroxylation sites is 2. The smallest absolute Gasteiger partial charge is 0.320 e. The summed E-state index contributed by atoms with van der Waals surface area (Å²) in [6.45, 7) is 0. The maximum absolute atomic E-state index is 5.89. The molecular weight excluding hydrogens is 859 g/mol. The van der Waals surface area contributed by atoms with Gasteiger partial charge in [-0.3, -0.25) is 4.57 Å². The predicted octanol–water partition coefficient (Wildman–Crippen LogP) is 11.2. The van der Waals surface area contributed by atoms with E-state index in [2.05, 4.69) is 274 Å². The second-order valence-corrected chi connectivity index (χ2v) is 25.4. The number of anilines is 2. The van der Waals surface area contributed by atoms with Crippen LogP contribution in [0.4, 0.5) is 11.6 Å². The fraction of sp³-hybridized carbons (Fsp3) is 0.0164. The lowest BCUT2D eigenvalue weighted by Gasteiger charge is -2.71. The summed E-state index contributed by atoms with van der Waals surface area (Å²) in [5.41, 5.74) is 9.64. The van der Waals surface area contributed by atoms with E-state index >= 15 is 0 Å². The zero-order chi connectivity index (χ0) is 45.1. The molecule has 11 aromatic rings. The molecule has 8 aromatic carbocycles. The number of aromatic nitrogens is 3. The summed E-state index contributed by atoms with van der Waals surface area (Å²) in [6, 6.07) is 93.2. The van der Waals surface area contributed by atoms with E-state index in [0.717, 1.165) is 40.6 Å². The Morgan fingerprint density at radius 1 is 0.338 bits per heavy atom. The number of nitrogens with zero attached hydrogens (tertiary/aromatic N) is 5. The molecular formula is C61H45N5Si2. The SMILES string of the molecule is C(=C1/Cc2ccccc2-c2ccccc21)/c1cccc(N2[Si](c3ccccc3)(c3ccccc3)N(c3cccc(-n4c5ccccc5c5ccccc54)n3)[Si]2(c2ccccc2)c2ccccc2)n1. The van der Waals surface area contributed by atoms with Gasteiger partial charge in [0.25, 0.3) is 0 Å². The van der Waals surface area contributed by atoms with E-state index in [4.69, 9.17) is 9.97 Å². The molecule has 7 heteroatoms. The van der Waals surface area contributed by atoms with Crippen molar-refractivity contribution >= 4 is 82.6 Å². The molecule has 0 bridgehead atoms. The Balaban J connectivity index is 1.11. The molecule has 13 rings (SSSR count). The van der Waals surface area contributed by atoms with Crippen molar-refractivity contribution in [3.63, 3.8) is 0 Å². The summed E-state index contributed by atoms with van der Waals surface area (Å²) < 4.78 is 8.03. The minimum Gasteiger partial charge on any atom is -0.363 e. The van der Waals surface area contributed by atoms with Crippen molar-refractivity contribution in [3.8, 4) is 16.9 Å². The van der Waals surface area contributed by atoms with Crippen LogP contribution in [0.15, 0.2) is 255 Å². The average molecular weight is 904 g/mol. The molecule has 0 radical (unpaired) electrons. The summed E-state index contributed by atoms with van der Waals surface area (Å²) >= 11 is 0. The Bertz CT molecular complexity index is 3460. The molecule has 0 amide bonds. The van der Waals surface area contributed by atoms with E-state index < -0.39 is 16.8 Å². The van der Waals surface area contributed by atoms with Crippen molar-refractivity contribution < 1.29 is 0 Å². The van der Waals surface area contributed by atoms with Gasteiger partial charge in [0.15, 0.2) is 0 Å². The highest BCUT2D eigenvalue weighted by Crippen LogP contribution is 2.46. The minimum atomic E-state index is -3.36. The zero-order valence-corrected chi connectivity index (χ0v) is 39.3. The highest BCUT2D eigenvalue weighted by atomic mass is 28.5. The van der Waals surface area contributed by atoms with Gasteiger partial charge in [0.1, 0.15) is 17.5 Å². The fourth-order valence-corrected chi connectivity index (χ4v) is 26.3. The monoisotopic (exact) mass is 903 g/mol. The molecule has 0 spiro atoms. The Morgan fingerprint density at radius 2 is 0.750 bits per heavy atom. The molecule has 2 aliphatic rings. The molecule has 1 saturated heterocycles. The van der Waals surface area contributed by atoms with E-state index in [0.29, 0.717) is 0 Å². The molecule has 1 aliphatic carbocycles. The van der Waals surface area contributed by atoms with Crippen LogP contribution in [0.1, 0.15) is 16.8 Å². The van der Waals surface area contributed by atoms with Gasteiger partial charge in [-0.05, 0) is 97.5 Å². The number of hydrogen-bond donors (Lipinski definition) is 0. The molecule has 68 heavy (non-hydrogen) atoms. The predicted molar refractivity (Wildman–Crippen MR) is 287 cm³/mol. The van der Waals surface area contributed by atoms with Crippen molar-refractivity contribution in [2.45, 2.75) is 6.42 Å². The first-order valence-electron chi connectivity index (χ1n) is 23.4. The van der Waals surface area contributed by atoms with Crippen molar-refractivity contribution in [1.29, 1.82) is 0 Å². The Morgan fingerprint density at radius 3 is 1.29 bits per heavy atom. The zero-order valence-electron chi connectivity index (χ0n) is 37.3. The van der Waals surface area contributed by atoms with Crippen LogP contribution in [0.5, 0.6) is 0 Å². The number of hydrogen-bond acceptors (Lipinski definition) is 4. The van der Waals surface area contributed by atoms with Gasteiger partial charge < -0.3 is 8.46 Å². The molecule has 1 fully saturated rings. The molecule has 5 nitrogen and oxygen atoms in total. The van der Waals surface area contributed by atoms with Crippen LogP contribution >= 0.6 is 0 Å². The maximum atomic E-state index is 5.89. The van der Waals surface area contributed by atoms with E-state index in [1.165, 1.54) is 59.3 Å². The standard InChI is InChI=1S/C61H45N5Si2/c1-5-25-48(26-6-1)67(49-27-7-2-8-28-49)65(60-41-21-24-47(62-60)44-46-43-45-23-13-14-33-52(45)54-35-16-15-34-53(46)54)68(50-29-9-3-10-30-50,51-31-11-4-12-32-51)66(67)61-42-22-40-59(63-61)64-57-38-19-17-36-55(57)56-37-18-20-39-58(56)64/h1-42,44H,43H2/b46-44+. The summed E-state index contributed by atoms with van der Waals surface area (Å²) in [7, 11) is -6.72. The Labute approximate surface area is 398 Å². The topological polar surface area (TPSA) is 37.2 Å². The van der Waals surface area contributed by atoms with E-state index in [9.17, 15) is 0 Å². The summed E-state index contributed by atoms with van der Waals surface area (Å²) in [5.74, 6) is 2.78. The van der Waals surface area contributed by atoms with Crippen LogP contribution in [0, 0.1) is 0 Å². The second kappa shape index (κ2) is 16.2. The Hall–Kier alpha value is -8.37. The molecule has 0 saturated carbocycles. The van der Waals surface area contributed by atoms with Gasteiger partial charge in [-0.15, -0.1) is 0 Å². The first-order chi connectivity index (χ1) is 33.7. The summed E-state index contributed by atoms with van der Waals surface area (Å²) in [6.07, 6.45) is 3.17. The number of pyridine rings is 2. The van der Waals surface area contributed by atoms with Crippen LogP contribution in [-0.4, -0.2) is 31.3 Å². The van der Waals surface area contributed by atoms with Gasteiger partial charge in [0, 0.05) is 10.8 Å². The van der Waals surface area contributed by atoms with Gasteiger partial charge in [-0.25, -0.2) is 9.97 Å². The van der Waals surface area contributed by atoms with Crippen LogP contribution in [-0.2, 0) is 6.42 Å². The number of rotatable bonds is 8. The van der Waals surface area contributed by atoms with E-state index in [-0.39, 0.29) is 0 Å². The third-order valence-corrected chi connectivity index (χ3v) is 26.0. The highest BCUT2D eigenvalue weighted by molar-refractivity contribution is 7.38. The van der Waals surface area contributed by atoms with Gasteiger partial charge in [0.2, 0.25) is 0 Å². The fourth-order valence-electron chi connectivity index (χ4n) is 11.4. The maximum Gasteiger partial charge on any atom is 0.320 e. The third kappa shape index (κ3) is 5.99. The van der Waals surface area contributed by atoms with Crippen LogP contribution < -0.4 is 29.2 Å². The molecule has 4 heterocycles. The number of fused-ring (bicyclic) bond motifs is 6. The molecule has 0 unspecified atom stereocenters. The first-order valence-corrected chi connectivity index (χ1v) is 27.2. The number of benzene rings is 8. The van der Waals surface area contributed by atoms with E-state index in [1.807, 2.05) is 0 Å². The van der Waals surface area contributed by atoms with Gasteiger partial charge in [-0.1, -0.05) is 218 Å². The van der Waals surface area contributed by atoms with Crippen LogP contribution in [0.3, 0.4) is 0 Å². The van der Waals surface area contributed by atoms with Crippen molar-refractivity contribution in [2.75, 3.05) is 8.46 Å². The van der Waals surface area contributed by atoms with Gasteiger partial charge in [-0.2, -0.15) is 0 Å². The molecule has 1 aliphatic heterocycles. The lowest BCUT2D eigenvalue weighted by atomic mass is 9.82. The Kier molecular flexibility index (Phi) is 9.52. The second-order valence-electron chi connectivity index (χ2n) is 17.7. The lowest BCUT2D eigenvalue weighted by molar-refractivity contribution is 1.05. The quantitative estimate of drug-likeness (QED) is 0.142. The van der Waals surface area contributed by atoms with Crippen molar-refractivity contribution in [2.24, 2.45) is 0 Å². The molecule has 0 N–H and O–H groups in total. The summed E-state index contributed by atoms with van der Waals surface area (Å²) in [4.78, 5) is 11.7. The molecule has 0 atom stereocenters. The van der Waals surface area contributed by atoms with Crippen molar-refractivity contribution in [3.05, 3.63) is 272 Å². The molecule has 3 aromatic heterocycles. The average Bonchev–Trinajstić information content (AvgIpc) is 3.75. The highest BCUT2D eigenvalue weighted by Gasteiger charge is 2.76. The van der Waals surface area contributed by atoms with Crippen LogP contribution in [0.2, 0.25) is 0 Å². The van der Waals surface area contributed by atoms with Crippen LogP contribution in [0.25, 0.3) is 50.4 Å². The normalized spacial score (nSPS) is 15.2. The van der Waals surface area contributed by atoms with E-state index in [1.54, 1.807) is 0 Å². The molecule has 322 valence electrons. The lowest BCUT2D eigenvalue weighted by Crippen LogP contribution is -3.07. The van der Waals surface area contributed by atoms with Gasteiger partial charge >= 0.3 is 16.8 Å². The van der Waals surface area contributed by atoms with Gasteiger partial charge in [0.05, 0.1) is 16.7 Å². The third-order valence-electron chi connectivity index (χ3n) is 14.0. The number of allylic oxidation sites excluding steroid dienone is 1. The summed E-state index contributed by atoms with van der Waals surface area (Å²) in [5, 5.41) is 7.45. The minimum absolute atomic E-state index is 0.837. The first kappa shape index (κ1) is 40.0.